The Morgan fingerprint density at radius 1 is 1.28 bits per heavy atom. The molecule has 1 fully saturated rings. The van der Waals surface area contributed by atoms with E-state index in [9.17, 15) is 14.4 Å². The van der Waals surface area contributed by atoms with Crippen LogP contribution in [0.25, 0.3) is 0 Å². The third-order valence-corrected chi connectivity index (χ3v) is 3.88. The van der Waals surface area contributed by atoms with Gasteiger partial charge in [0.1, 0.15) is 11.6 Å². The number of rotatable bonds is 4. The molecule has 1 heterocycles. The van der Waals surface area contributed by atoms with E-state index in [0.717, 1.165) is 0 Å². The summed E-state index contributed by atoms with van der Waals surface area (Å²) < 4.78 is 10.4. The van der Waals surface area contributed by atoms with Gasteiger partial charge in [-0.2, -0.15) is 0 Å². The Balaban J connectivity index is 1.93. The third kappa shape index (κ3) is 5.46. The maximum atomic E-state index is 12.3. The first kappa shape index (κ1) is 19.2. The van der Waals surface area contributed by atoms with Crippen LogP contribution < -0.4 is 0 Å². The van der Waals surface area contributed by atoms with Gasteiger partial charge in [-0.25, -0.2) is 9.59 Å². The first-order valence-corrected chi connectivity index (χ1v) is 8.50. The summed E-state index contributed by atoms with van der Waals surface area (Å²) in [5.74, 6) is -0.948. The number of esters is 1. The molecule has 0 aliphatic carbocycles. The summed E-state index contributed by atoms with van der Waals surface area (Å²) in [6.45, 7) is 5.32. The van der Waals surface area contributed by atoms with Gasteiger partial charge < -0.3 is 9.47 Å². The predicted molar refractivity (Wildman–Crippen MR) is 92.7 cm³/mol. The zero-order chi connectivity index (χ0) is 18.6. The molecule has 2 rings (SSSR count). The minimum atomic E-state index is -0.720. The second-order valence-corrected chi connectivity index (χ2v) is 7.31. The van der Waals surface area contributed by atoms with Crippen LogP contribution in [-0.4, -0.2) is 47.5 Å². The van der Waals surface area contributed by atoms with E-state index < -0.39 is 30.3 Å². The number of likely N-dealkylation sites (tertiary alicyclic amines) is 1. The molecule has 0 radical (unpaired) electrons. The van der Waals surface area contributed by atoms with Gasteiger partial charge >= 0.3 is 12.1 Å². The highest BCUT2D eigenvalue weighted by molar-refractivity contribution is 6.31. The Hall–Kier alpha value is -2.08. The lowest BCUT2D eigenvalue weighted by Crippen LogP contribution is -2.44. The van der Waals surface area contributed by atoms with Gasteiger partial charge in [-0.3, -0.25) is 9.69 Å². The van der Waals surface area contributed by atoms with Crippen molar-refractivity contribution in [1.82, 2.24) is 4.90 Å². The number of ether oxygens (including phenoxy) is 2. The van der Waals surface area contributed by atoms with Gasteiger partial charge in [0, 0.05) is 17.1 Å². The summed E-state index contributed by atoms with van der Waals surface area (Å²) in [6.07, 6.45) is 0.623. The monoisotopic (exact) mass is 367 g/mol. The zero-order valence-corrected chi connectivity index (χ0v) is 15.3. The number of hydrogen-bond donors (Lipinski definition) is 0. The minimum Gasteiger partial charge on any atom is -0.456 e. The quantitative estimate of drug-likeness (QED) is 0.601. The molecule has 1 aromatic carbocycles. The molecule has 1 aliphatic rings. The average Bonchev–Trinajstić information content (AvgIpc) is 3.00. The van der Waals surface area contributed by atoms with Crippen LogP contribution in [0.4, 0.5) is 4.79 Å². The number of halogens is 1. The first-order valence-electron chi connectivity index (χ1n) is 8.12. The fraction of sp³-hybridized carbons (Fsp3) is 0.500. The molecule has 0 bridgehead atoms. The van der Waals surface area contributed by atoms with E-state index in [1.165, 1.54) is 11.0 Å². The summed E-state index contributed by atoms with van der Waals surface area (Å²) >= 11 is 5.84. The number of benzene rings is 1. The van der Waals surface area contributed by atoms with Crippen molar-refractivity contribution in [2.75, 3.05) is 13.2 Å². The van der Waals surface area contributed by atoms with Crippen LogP contribution in [0.2, 0.25) is 5.02 Å². The van der Waals surface area contributed by atoms with Crippen molar-refractivity contribution in [3.05, 3.63) is 34.9 Å². The Morgan fingerprint density at radius 2 is 2.00 bits per heavy atom. The fourth-order valence-electron chi connectivity index (χ4n) is 2.53. The molecule has 0 N–H and O–H groups in total. The van der Waals surface area contributed by atoms with E-state index in [4.69, 9.17) is 21.1 Å². The zero-order valence-electron chi connectivity index (χ0n) is 14.6. The molecular formula is C18H22ClNO5. The number of Topliss-reactive ketones (excluding diaryl/α,β-unsaturated/α-hetero) is 1. The van der Waals surface area contributed by atoms with E-state index in [-0.39, 0.29) is 5.78 Å². The molecule has 1 unspecified atom stereocenters. The van der Waals surface area contributed by atoms with E-state index in [0.29, 0.717) is 30.0 Å². The van der Waals surface area contributed by atoms with Gasteiger partial charge in [0.05, 0.1) is 0 Å². The summed E-state index contributed by atoms with van der Waals surface area (Å²) in [5.41, 5.74) is -0.271. The molecule has 1 aliphatic heterocycles. The number of nitrogens with zero attached hydrogens (tertiary/aromatic N) is 1. The largest absolute Gasteiger partial charge is 0.456 e. The molecule has 7 heteroatoms. The SMILES string of the molecule is CC(C)(C)OC(=O)N1CCCC1C(=O)OCC(=O)c1cccc(Cl)c1. The first-order chi connectivity index (χ1) is 11.7. The topological polar surface area (TPSA) is 72.9 Å². The van der Waals surface area contributed by atoms with Gasteiger partial charge in [-0.1, -0.05) is 23.7 Å². The lowest BCUT2D eigenvalue weighted by atomic mass is 10.1. The van der Waals surface area contributed by atoms with Gasteiger partial charge in [-0.05, 0) is 45.7 Å². The lowest BCUT2D eigenvalue weighted by Gasteiger charge is -2.27. The molecule has 0 saturated carbocycles. The van der Waals surface area contributed by atoms with E-state index >= 15 is 0 Å². The molecule has 1 atom stereocenters. The van der Waals surface area contributed by atoms with Crippen LogP contribution in [0.15, 0.2) is 24.3 Å². The number of carbonyl (C=O) groups is 3. The Bertz CT molecular complexity index is 668. The Kier molecular flexibility index (Phi) is 6.06. The van der Waals surface area contributed by atoms with Crippen LogP contribution in [0.5, 0.6) is 0 Å². The van der Waals surface area contributed by atoms with Crippen molar-refractivity contribution < 1.29 is 23.9 Å². The van der Waals surface area contributed by atoms with Gasteiger partial charge in [-0.15, -0.1) is 0 Å². The van der Waals surface area contributed by atoms with Crippen LogP contribution in [0, 0.1) is 0 Å². The smallest absolute Gasteiger partial charge is 0.411 e. The van der Waals surface area contributed by atoms with Gasteiger partial charge in [0.15, 0.2) is 12.4 Å². The van der Waals surface area contributed by atoms with Gasteiger partial charge in [0.25, 0.3) is 0 Å². The van der Waals surface area contributed by atoms with Crippen molar-refractivity contribution in [3.8, 4) is 0 Å². The molecule has 0 aromatic heterocycles. The second kappa shape index (κ2) is 7.87. The highest BCUT2D eigenvalue weighted by Gasteiger charge is 2.37. The number of hydrogen-bond acceptors (Lipinski definition) is 5. The van der Waals surface area contributed by atoms with Crippen molar-refractivity contribution in [3.63, 3.8) is 0 Å². The Morgan fingerprint density at radius 3 is 2.64 bits per heavy atom. The van der Waals surface area contributed by atoms with Crippen molar-refractivity contribution in [2.24, 2.45) is 0 Å². The van der Waals surface area contributed by atoms with Crippen molar-refractivity contribution >= 4 is 29.4 Å². The predicted octanol–water partition coefficient (Wildman–Crippen LogP) is 3.47. The van der Waals surface area contributed by atoms with E-state index in [1.807, 2.05) is 0 Å². The van der Waals surface area contributed by atoms with Crippen molar-refractivity contribution in [2.45, 2.75) is 45.3 Å². The maximum Gasteiger partial charge on any atom is 0.411 e. The van der Waals surface area contributed by atoms with Crippen LogP contribution in [0.1, 0.15) is 44.0 Å². The summed E-state index contributed by atoms with van der Waals surface area (Å²) in [6, 6.07) is 5.70. The molecule has 1 amide bonds. The van der Waals surface area contributed by atoms with Crippen LogP contribution >= 0.6 is 11.6 Å². The van der Waals surface area contributed by atoms with Gasteiger partial charge in [0.2, 0.25) is 0 Å². The highest BCUT2D eigenvalue weighted by atomic mass is 35.5. The third-order valence-electron chi connectivity index (χ3n) is 3.64. The number of carbonyl (C=O) groups excluding carboxylic acids is 3. The number of ketones is 1. The van der Waals surface area contributed by atoms with E-state index in [2.05, 4.69) is 0 Å². The Labute approximate surface area is 152 Å². The fourth-order valence-corrected chi connectivity index (χ4v) is 2.72. The number of amides is 1. The lowest BCUT2D eigenvalue weighted by molar-refractivity contribution is -0.147. The molecule has 25 heavy (non-hydrogen) atoms. The molecular weight excluding hydrogens is 346 g/mol. The molecule has 1 aromatic rings. The summed E-state index contributed by atoms with van der Waals surface area (Å²) in [4.78, 5) is 37.9. The second-order valence-electron chi connectivity index (χ2n) is 6.87. The maximum absolute atomic E-state index is 12.3. The normalized spacial score (nSPS) is 17.3. The minimum absolute atomic E-state index is 0.349. The standard InChI is InChI=1S/C18H22ClNO5/c1-18(2,3)25-17(23)20-9-5-8-14(20)16(22)24-11-15(21)12-6-4-7-13(19)10-12/h4,6-7,10,14H,5,8-9,11H2,1-3H3. The summed E-state index contributed by atoms with van der Waals surface area (Å²) in [7, 11) is 0. The molecule has 6 nitrogen and oxygen atoms in total. The van der Waals surface area contributed by atoms with E-state index in [1.54, 1.807) is 39.0 Å². The van der Waals surface area contributed by atoms with Crippen LogP contribution in [-0.2, 0) is 14.3 Å². The van der Waals surface area contributed by atoms with Crippen molar-refractivity contribution in [1.29, 1.82) is 0 Å². The highest BCUT2D eigenvalue weighted by Crippen LogP contribution is 2.22. The molecule has 136 valence electrons. The van der Waals surface area contributed by atoms with Crippen LogP contribution in [0.3, 0.4) is 0 Å². The average molecular weight is 368 g/mol. The molecule has 0 spiro atoms. The summed E-state index contributed by atoms with van der Waals surface area (Å²) in [5, 5.41) is 0.434. The molecule has 1 saturated heterocycles.